The zero-order valence-electron chi connectivity index (χ0n) is 20.7. The SMILES string of the molecule is c1ccc(-c2n[nH]cc2CN2CCC(Nc3nc4c(c(N5CCCCCC5)n3)CCCC4)C2)cc1. The largest absolute Gasteiger partial charge is 0.356 e. The highest BCUT2D eigenvalue weighted by molar-refractivity contribution is 5.62. The van der Waals surface area contributed by atoms with Crippen LogP contribution in [-0.2, 0) is 19.4 Å². The van der Waals surface area contributed by atoms with Gasteiger partial charge in [0.15, 0.2) is 0 Å². The molecule has 35 heavy (non-hydrogen) atoms. The zero-order chi connectivity index (χ0) is 23.5. The molecule has 3 aromatic rings. The van der Waals surface area contributed by atoms with Crippen LogP contribution in [-0.4, -0.2) is 57.3 Å². The molecule has 6 rings (SSSR count). The van der Waals surface area contributed by atoms with Crippen LogP contribution in [0.15, 0.2) is 36.5 Å². The molecule has 2 aliphatic heterocycles. The summed E-state index contributed by atoms with van der Waals surface area (Å²) in [6.45, 7) is 5.24. The maximum atomic E-state index is 5.14. The molecule has 0 spiro atoms. The Morgan fingerprint density at radius 2 is 1.74 bits per heavy atom. The van der Waals surface area contributed by atoms with Gasteiger partial charge >= 0.3 is 0 Å². The quantitative estimate of drug-likeness (QED) is 0.537. The molecule has 7 heteroatoms. The van der Waals surface area contributed by atoms with E-state index in [1.807, 2.05) is 12.3 Å². The first-order valence-electron chi connectivity index (χ1n) is 13.6. The van der Waals surface area contributed by atoms with Gasteiger partial charge in [-0.2, -0.15) is 10.1 Å². The molecule has 0 radical (unpaired) electrons. The van der Waals surface area contributed by atoms with Crippen LogP contribution in [0.25, 0.3) is 11.3 Å². The fourth-order valence-corrected chi connectivity index (χ4v) is 5.98. The number of fused-ring (bicyclic) bond motifs is 1. The summed E-state index contributed by atoms with van der Waals surface area (Å²) in [6.07, 6.45) is 13.1. The molecule has 2 fully saturated rings. The number of benzene rings is 1. The summed E-state index contributed by atoms with van der Waals surface area (Å²) >= 11 is 0. The number of rotatable bonds is 6. The van der Waals surface area contributed by atoms with Gasteiger partial charge in [0, 0.05) is 61.7 Å². The summed E-state index contributed by atoms with van der Waals surface area (Å²) in [5.74, 6) is 2.06. The van der Waals surface area contributed by atoms with Crippen molar-refractivity contribution in [2.24, 2.45) is 0 Å². The fraction of sp³-hybridized carbons (Fsp3) is 0.536. The summed E-state index contributed by atoms with van der Waals surface area (Å²) in [6, 6.07) is 10.8. The molecule has 0 amide bonds. The molecular weight excluding hydrogens is 434 g/mol. The Morgan fingerprint density at radius 1 is 0.914 bits per heavy atom. The number of aromatic amines is 1. The van der Waals surface area contributed by atoms with Crippen LogP contribution < -0.4 is 10.2 Å². The predicted octanol–water partition coefficient (Wildman–Crippen LogP) is 4.81. The van der Waals surface area contributed by atoms with Gasteiger partial charge in [-0.15, -0.1) is 0 Å². The van der Waals surface area contributed by atoms with Crippen molar-refractivity contribution in [3.05, 3.63) is 53.3 Å². The normalized spacial score (nSPS) is 21.0. The van der Waals surface area contributed by atoms with Gasteiger partial charge in [0.05, 0.1) is 11.4 Å². The summed E-state index contributed by atoms with van der Waals surface area (Å²) in [5.41, 5.74) is 6.19. The van der Waals surface area contributed by atoms with Crippen LogP contribution in [0.4, 0.5) is 11.8 Å². The zero-order valence-corrected chi connectivity index (χ0v) is 20.7. The van der Waals surface area contributed by atoms with Crippen molar-refractivity contribution in [3.8, 4) is 11.3 Å². The van der Waals surface area contributed by atoms with Crippen LogP contribution in [0.5, 0.6) is 0 Å². The third kappa shape index (κ3) is 5.06. The Labute approximate surface area is 208 Å². The number of nitrogens with zero attached hydrogens (tertiary/aromatic N) is 5. The highest BCUT2D eigenvalue weighted by atomic mass is 15.3. The summed E-state index contributed by atoms with van der Waals surface area (Å²) in [5, 5.41) is 11.3. The number of nitrogens with one attached hydrogen (secondary N) is 2. The monoisotopic (exact) mass is 471 g/mol. The topological polar surface area (TPSA) is 73.0 Å². The second-order valence-corrected chi connectivity index (χ2v) is 10.4. The molecule has 2 N–H and O–H groups in total. The molecule has 0 saturated carbocycles. The number of aromatic nitrogens is 4. The van der Waals surface area contributed by atoms with Crippen molar-refractivity contribution in [2.45, 2.75) is 70.4 Å². The minimum Gasteiger partial charge on any atom is -0.356 e. The Kier molecular flexibility index (Phi) is 6.67. The lowest BCUT2D eigenvalue weighted by atomic mass is 9.96. The number of aryl methyl sites for hydroxylation is 1. The van der Waals surface area contributed by atoms with Crippen molar-refractivity contribution in [1.82, 2.24) is 25.1 Å². The van der Waals surface area contributed by atoms with Gasteiger partial charge in [-0.3, -0.25) is 10.00 Å². The van der Waals surface area contributed by atoms with Crippen molar-refractivity contribution in [2.75, 3.05) is 36.4 Å². The first kappa shape index (κ1) is 22.5. The lowest BCUT2D eigenvalue weighted by Gasteiger charge is -2.28. The van der Waals surface area contributed by atoms with Crippen molar-refractivity contribution >= 4 is 11.8 Å². The summed E-state index contributed by atoms with van der Waals surface area (Å²) < 4.78 is 0. The highest BCUT2D eigenvalue weighted by Gasteiger charge is 2.27. The van der Waals surface area contributed by atoms with Gasteiger partial charge in [-0.25, -0.2) is 4.98 Å². The molecule has 2 aromatic heterocycles. The van der Waals surface area contributed by atoms with E-state index < -0.39 is 0 Å². The third-order valence-electron chi connectivity index (χ3n) is 7.83. The predicted molar refractivity (Wildman–Crippen MR) is 141 cm³/mol. The maximum absolute atomic E-state index is 5.14. The lowest BCUT2D eigenvalue weighted by Crippen LogP contribution is -2.30. The standard InChI is InChI=1S/C28H37N7/c1-2-9-16-35(15-8-1)27-24-12-6-7-13-25(24)31-28(32-27)30-23-14-17-34(20-23)19-22-18-29-33-26(22)21-10-4-3-5-11-21/h3-5,10-11,18,23H,1-2,6-9,12-17,19-20H2,(H,29,33)(H,30,31,32). The number of anilines is 2. The maximum Gasteiger partial charge on any atom is 0.225 e. The molecular formula is C28H37N7. The molecule has 7 nitrogen and oxygen atoms in total. The second kappa shape index (κ2) is 10.4. The molecule has 1 aliphatic carbocycles. The average molecular weight is 472 g/mol. The minimum atomic E-state index is 0.376. The Hall–Kier alpha value is -2.93. The number of likely N-dealkylation sites (tertiary alicyclic amines) is 1. The first-order valence-corrected chi connectivity index (χ1v) is 13.6. The molecule has 2 saturated heterocycles. The lowest BCUT2D eigenvalue weighted by molar-refractivity contribution is 0.329. The summed E-state index contributed by atoms with van der Waals surface area (Å²) in [4.78, 5) is 15.2. The third-order valence-corrected chi connectivity index (χ3v) is 7.83. The van der Waals surface area contributed by atoms with Gasteiger partial charge in [0.2, 0.25) is 5.95 Å². The van der Waals surface area contributed by atoms with E-state index in [-0.39, 0.29) is 0 Å². The van der Waals surface area contributed by atoms with Crippen LogP contribution in [0.1, 0.15) is 61.8 Å². The number of hydrogen-bond donors (Lipinski definition) is 2. The highest BCUT2D eigenvalue weighted by Crippen LogP contribution is 2.31. The molecule has 4 heterocycles. The summed E-state index contributed by atoms with van der Waals surface area (Å²) in [7, 11) is 0. The van der Waals surface area contributed by atoms with Gasteiger partial charge in [-0.05, 0) is 44.9 Å². The number of hydrogen-bond acceptors (Lipinski definition) is 6. The Morgan fingerprint density at radius 3 is 2.60 bits per heavy atom. The van der Waals surface area contributed by atoms with Crippen molar-refractivity contribution < 1.29 is 0 Å². The van der Waals surface area contributed by atoms with Gasteiger partial charge in [0.25, 0.3) is 0 Å². The van der Waals surface area contributed by atoms with E-state index in [4.69, 9.17) is 9.97 Å². The van der Waals surface area contributed by atoms with Crippen LogP contribution in [0.3, 0.4) is 0 Å². The molecule has 184 valence electrons. The Bertz CT molecular complexity index is 1120. The van der Waals surface area contributed by atoms with Gasteiger partial charge in [0.1, 0.15) is 5.82 Å². The average Bonchev–Trinajstić information content (AvgIpc) is 3.45. The molecule has 1 unspecified atom stereocenters. The van der Waals surface area contributed by atoms with E-state index in [0.717, 1.165) is 63.6 Å². The van der Waals surface area contributed by atoms with E-state index in [9.17, 15) is 0 Å². The van der Waals surface area contributed by atoms with Crippen molar-refractivity contribution in [3.63, 3.8) is 0 Å². The van der Waals surface area contributed by atoms with Crippen LogP contribution in [0.2, 0.25) is 0 Å². The Balaban J connectivity index is 1.15. The van der Waals surface area contributed by atoms with Gasteiger partial charge < -0.3 is 10.2 Å². The van der Waals surface area contributed by atoms with E-state index in [0.29, 0.717) is 6.04 Å². The number of H-pyrrole nitrogens is 1. The van der Waals surface area contributed by atoms with E-state index in [1.165, 1.54) is 66.7 Å². The molecule has 0 bridgehead atoms. The van der Waals surface area contributed by atoms with E-state index >= 15 is 0 Å². The second-order valence-electron chi connectivity index (χ2n) is 10.4. The van der Waals surface area contributed by atoms with E-state index in [2.05, 4.69) is 49.6 Å². The van der Waals surface area contributed by atoms with Crippen LogP contribution >= 0.6 is 0 Å². The van der Waals surface area contributed by atoms with Gasteiger partial charge in [-0.1, -0.05) is 43.2 Å². The molecule has 1 aromatic carbocycles. The van der Waals surface area contributed by atoms with Crippen LogP contribution in [0, 0.1) is 0 Å². The fourth-order valence-electron chi connectivity index (χ4n) is 5.98. The smallest absolute Gasteiger partial charge is 0.225 e. The molecule has 3 aliphatic rings. The molecule has 1 atom stereocenters. The first-order chi connectivity index (χ1) is 17.3. The van der Waals surface area contributed by atoms with E-state index in [1.54, 1.807) is 0 Å². The minimum absolute atomic E-state index is 0.376. The van der Waals surface area contributed by atoms with Crippen molar-refractivity contribution in [1.29, 1.82) is 0 Å².